The highest BCUT2D eigenvalue weighted by Crippen LogP contribution is 2.12. The van der Waals surface area contributed by atoms with Gasteiger partial charge in [0.05, 0.1) is 6.54 Å². The molecule has 2 rings (SSSR count). The first-order chi connectivity index (χ1) is 8.79. The van der Waals surface area contributed by atoms with Crippen molar-refractivity contribution in [1.29, 1.82) is 0 Å². The highest BCUT2D eigenvalue weighted by atomic mass is 15.2. The maximum Gasteiger partial charge on any atom is 0.245 e. The van der Waals surface area contributed by atoms with Crippen LogP contribution in [0.3, 0.4) is 0 Å². The molecule has 1 heterocycles. The summed E-state index contributed by atoms with van der Waals surface area (Å²) in [6, 6.07) is 10.3. The molecular weight excluding hydrogens is 222 g/mol. The summed E-state index contributed by atoms with van der Waals surface area (Å²) >= 11 is 0. The van der Waals surface area contributed by atoms with Gasteiger partial charge in [-0.05, 0) is 25.5 Å². The molecule has 0 aliphatic heterocycles. The van der Waals surface area contributed by atoms with Crippen molar-refractivity contribution in [3.05, 3.63) is 49.1 Å². The monoisotopic (exact) mass is 244 g/mol. The largest absolute Gasteiger partial charge is 0.347 e. The van der Waals surface area contributed by atoms with Gasteiger partial charge in [-0.3, -0.25) is 0 Å². The molecule has 0 bridgehead atoms. The predicted octanol–water partition coefficient (Wildman–Crippen LogP) is 3.21. The maximum atomic E-state index is 3.48. The van der Waals surface area contributed by atoms with Gasteiger partial charge in [0.2, 0.25) is 6.33 Å². The topological polar surface area (TPSA) is 20.8 Å². The van der Waals surface area contributed by atoms with E-state index in [-0.39, 0.29) is 6.17 Å². The third-order valence-corrected chi connectivity index (χ3v) is 3.08. The summed E-state index contributed by atoms with van der Waals surface area (Å²) in [7, 11) is 0. The quantitative estimate of drug-likeness (QED) is 0.774. The normalized spacial score (nSPS) is 12.3. The number of para-hydroxylation sites is 1. The lowest BCUT2D eigenvalue weighted by Crippen LogP contribution is -2.31. The summed E-state index contributed by atoms with van der Waals surface area (Å²) < 4.78 is 4.44. The lowest BCUT2D eigenvalue weighted by Gasteiger charge is -2.11. The fraction of sp³-hybridized carbons (Fsp3) is 0.400. The van der Waals surface area contributed by atoms with Crippen LogP contribution in [0.1, 0.15) is 32.9 Å². The zero-order chi connectivity index (χ0) is 12.8. The van der Waals surface area contributed by atoms with Crippen LogP contribution >= 0.6 is 0 Å². The van der Waals surface area contributed by atoms with Gasteiger partial charge >= 0.3 is 0 Å². The Morgan fingerprint density at radius 1 is 1.28 bits per heavy atom. The molecule has 1 aromatic carbocycles. The molecular formula is C15H22N3+. The van der Waals surface area contributed by atoms with E-state index >= 15 is 0 Å². The second-order valence-corrected chi connectivity index (χ2v) is 4.64. The first-order valence-corrected chi connectivity index (χ1v) is 6.67. The molecule has 0 spiro atoms. The van der Waals surface area contributed by atoms with E-state index in [1.165, 1.54) is 12.8 Å². The lowest BCUT2D eigenvalue weighted by molar-refractivity contribution is -0.696. The molecule has 1 N–H and O–H groups in total. The molecule has 3 heteroatoms. The summed E-state index contributed by atoms with van der Waals surface area (Å²) in [5.74, 6) is 0. The summed E-state index contributed by atoms with van der Waals surface area (Å²) in [6.45, 7) is 5.48. The standard InChI is InChI=1S/C15H22N3/c1-3-4-10-17-11-12-18(13-17)14(2)16-15-8-6-5-7-9-15/h5-9,11-14,16H,3-4,10H2,1-2H3/q+1. The molecule has 0 fully saturated rings. The Labute approximate surface area is 109 Å². The van der Waals surface area contributed by atoms with Crippen LogP contribution < -0.4 is 9.88 Å². The van der Waals surface area contributed by atoms with E-state index in [0.29, 0.717) is 0 Å². The average molecular weight is 244 g/mol. The van der Waals surface area contributed by atoms with Crippen molar-refractivity contribution < 1.29 is 4.57 Å². The Morgan fingerprint density at radius 3 is 2.78 bits per heavy atom. The molecule has 18 heavy (non-hydrogen) atoms. The summed E-state index contributed by atoms with van der Waals surface area (Å²) in [4.78, 5) is 0. The molecule has 1 aromatic heterocycles. The fourth-order valence-corrected chi connectivity index (χ4v) is 1.96. The van der Waals surface area contributed by atoms with Gasteiger partial charge in [0.15, 0.2) is 6.17 Å². The van der Waals surface area contributed by atoms with Crippen LogP contribution in [0.4, 0.5) is 5.69 Å². The number of anilines is 1. The van der Waals surface area contributed by atoms with E-state index < -0.39 is 0 Å². The molecule has 96 valence electrons. The Morgan fingerprint density at radius 2 is 2.06 bits per heavy atom. The second kappa shape index (κ2) is 6.24. The second-order valence-electron chi connectivity index (χ2n) is 4.64. The number of hydrogen-bond acceptors (Lipinski definition) is 1. The van der Waals surface area contributed by atoms with E-state index in [1.807, 2.05) is 18.2 Å². The van der Waals surface area contributed by atoms with Crippen molar-refractivity contribution in [2.24, 2.45) is 0 Å². The lowest BCUT2D eigenvalue weighted by atomic mass is 10.3. The molecule has 0 radical (unpaired) electrons. The number of aryl methyl sites for hydroxylation is 1. The highest BCUT2D eigenvalue weighted by Gasteiger charge is 2.10. The molecule has 3 nitrogen and oxygen atoms in total. The van der Waals surface area contributed by atoms with Crippen LogP contribution in [0.15, 0.2) is 49.1 Å². The van der Waals surface area contributed by atoms with E-state index in [0.717, 1.165) is 12.2 Å². The van der Waals surface area contributed by atoms with Gasteiger partial charge in [-0.1, -0.05) is 31.5 Å². The van der Waals surface area contributed by atoms with Gasteiger partial charge in [-0.2, -0.15) is 0 Å². The first-order valence-electron chi connectivity index (χ1n) is 6.67. The van der Waals surface area contributed by atoms with Gasteiger partial charge in [-0.15, -0.1) is 0 Å². The number of nitrogens with one attached hydrogen (secondary N) is 1. The van der Waals surface area contributed by atoms with Gasteiger partial charge in [-0.25, -0.2) is 9.13 Å². The number of hydrogen-bond donors (Lipinski definition) is 1. The summed E-state index contributed by atoms with van der Waals surface area (Å²) in [6.07, 6.45) is 9.14. The smallest absolute Gasteiger partial charge is 0.245 e. The van der Waals surface area contributed by atoms with Gasteiger partial charge < -0.3 is 5.32 Å². The Kier molecular flexibility index (Phi) is 4.40. The fourth-order valence-electron chi connectivity index (χ4n) is 1.96. The van der Waals surface area contributed by atoms with Crippen LogP contribution in [-0.2, 0) is 6.54 Å². The number of imidazole rings is 1. The minimum atomic E-state index is 0.260. The Balaban J connectivity index is 1.96. The third kappa shape index (κ3) is 3.36. The molecule has 2 aromatic rings. The van der Waals surface area contributed by atoms with E-state index in [9.17, 15) is 0 Å². The van der Waals surface area contributed by atoms with Crippen LogP contribution in [0.5, 0.6) is 0 Å². The number of rotatable bonds is 6. The summed E-state index contributed by atoms with van der Waals surface area (Å²) in [5, 5.41) is 3.48. The van der Waals surface area contributed by atoms with Crippen molar-refractivity contribution in [3.63, 3.8) is 0 Å². The van der Waals surface area contributed by atoms with Crippen molar-refractivity contribution >= 4 is 5.69 Å². The van der Waals surface area contributed by atoms with Crippen molar-refractivity contribution in [2.75, 3.05) is 5.32 Å². The van der Waals surface area contributed by atoms with Crippen LogP contribution in [0.2, 0.25) is 0 Å². The van der Waals surface area contributed by atoms with Crippen LogP contribution in [0, 0.1) is 0 Å². The molecule has 1 unspecified atom stereocenters. The van der Waals surface area contributed by atoms with Gasteiger partial charge in [0, 0.05) is 5.69 Å². The van der Waals surface area contributed by atoms with Crippen molar-refractivity contribution in [3.8, 4) is 0 Å². The van der Waals surface area contributed by atoms with E-state index in [4.69, 9.17) is 0 Å². The number of benzene rings is 1. The number of nitrogens with zero attached hydrogens (tertiary/aromatic N) is 2. The minimum Gasteiger partial charge on any atom is -0.347 e. The van der Waals surface area contributed by atoms with Crippen LogP contribution in [-0.4, -0.2) is 4.57 Å². The summed E-state index contributed by atoms with van der Waals surface area (Å²) in [5.41, 5.74) is 1.15. The van der Waals surface area contributed by atoms with Crippen LogP contribution in [0.25, 0.3) is 0 Å². The number of unbranched alkanes of at least 4 members (excludes halogenated alkanes) is 1. The molecule has 0 aliphatic carbocycles. The molecule has 0 saturated carbocycles. The Bertz CT molecular complexity index is 462. The molecule has 1 atom stereocenters. The zero-order valence-corrected chi connectivity index (χ0v) is 11.2. The van der Waals surface area contributed by atoms with Gasteiger partial charge in [0.1, 0.15) is 12.4 Å². The first kappa shape index (κ1) is 12.7. The van der Waals surface area contributed by atoms with Gasteiger partial charge in [0.25, 0.3) is 0 Å². The van der Waals surface area contributed by atoms with E-state index in [1.54, 1.807) is 0 Å². The predicted molar refractivity (Wildman–Crippen MR) is 74.3 cm³/mol. The zero-order valence-electron chi connectivity index (χ0n) is 11.2. The number of aromatic nitrogens is 2. The average Bonchev–Trinajstić information content (AvgIpc) is 2.86. The maximum absolute atomic E-state index is 3.48. The van der Waals surface area contributed by atoms with Crippen molar-refractivity contribution in [1.82, 2.24) is 4.57 Å². The third-order valence-electron chi connectivity index (χ3n) is 3.08. The molecule has 0 amide bonds. The Hall–Kier alpha value is -1.77. The molecule has 0 saturated heterocycles. The van der Waals surface area contributed by atoms with E-state index in [2.05, 4.69) is 59.2 Å². The van der Waals surface area contributed by atoms with Crippen molar-refractivity contribution in [2.45, 2.75) is 39.4 Å². The highest BCUT2D eigenvalue weighted by molar-refractivity contribution is 5.42. The SMILES string of the molecule is CCCC[n+]1ccn(C(C)Nc2ccccc2)c1. The molecule has 0 aliphatic rings. The minimum absolute atomic E-state index is 0.260.